The lowest BCUT2D eigenvalue weighted by atomic mass is 9.97. The van der Waals surface area contributed by atoms with E-state index in [2.05, 4.69) is 15.3 Å². The van der Waals surface area contributed by atoms with Crippen molar-refractivity contribution >= 4 is 29.1 Å². The summed E-state index contributed by atoms with van der Waals surface area (Å²) in [5.41, 5.74) is 2.50. The Labute approximate surface area is 173 Å². The molecule has 4 rings (SSSR count). The summed E-state index contributed by atoms with van der Waals surface area (Å²) in [6.07, 6.45) is 5.26. The molecular weight excluding hydrogens is 391 g/mol. The summed E-state index contributed by atoms with van der Waals surface area (Å²) in [4.78, 5) is 23.7. The van der Waals surface area contributed by atoms with Gasteiger partial charge in [-0.2, -0.15) is 0 Å². The van der Waals surface area contributed by atoms with Gasteiger partial charge in [0.2, 0.25) is 11.9 Å². The Morgan fingerprint density at radius 2 is 1.86 bits per heavy atom. The van der Waals surface area contributed by atoms with Gasteiger partial charge in [-0.05, 0) is 36.6 Å². The smallest absolute Gasteiger partial charge is 0.229 e. The summed E-state index contributed by atoms with van der Waals surface area (Å²) in [5.74, 6) is -0.208. The Morgan fingerprint density at radius 1 is 1.10 bits per heavy atom. The fraction of sp³-hybridized carbons (Fsp3) is 0.227. The van der Waals surface area contributed by atoms with Crippen LogP contribution in [0.25, 0.3) is 11.1 Å². The Morgan fingerprint density at radius 3 is 2.59 bits per heavy atom. The van der Waals surface area contributed by atoms with E-state index in [1.165, 1.54) is 18.2 Å². The number of halogens is 2. The van der Waals surface area contributed by atoms with Gasteiger partial charge in [0, 0.05) is 36.7 Å². The van der Waals surface area contributed by atoms with Crippen LogP contribution in [0.4, 0.5) is 16.0 Å². The minimum absolute atomic E-state index is 0.0139. The Kier molecular flexibility index (Phi) is 5.71. The topological polar surface area (TPSA) is 58.1 Å². The highest BCUT2D eigenvalue weighted by atomic mass is 35.5. The number of rotatable bonds is 4. The Balaban J connectivity index is 1.42. The number of hydrogen-bond donors (Lipinski definition) is 1. The number of piperidine rings is 1. The molecule has 0 unspecified atom stereocenters. The van der Waals surface area contributed by atoms with Gasteiger partial charge in [0.05, 0.1) is 10.9 Å². The van der Waals surface area contributed by atoms with E-state index >= 15 is 0 Å². The van der Waals surface area contributed by atoms with Crippen LogP contribution in [0.5, 0.6) is 0 Å². The first-order chi connectivity index (χ1) is 14.1. The highest BCUT2D eigenvalue weighted by Crippen LogP contribution is 2.25. The van der Waals surface area contributed by atoms with Crippen molar-refractivity contribution in [1.82, 2.24) is 9.97 Å². The van der Waals surface area contributed by atoms with E-state index in [4.69, 9.17) is 11.6 Å². The molecule has 0 saturated carbocycles. The molecule has 1 aliphatic heterocycles. The van der Waals surface area contributed by atoms with E-state index in [0.717, 1.165) is 30.5 Å². The third-order valence-electron chi connectivity index (χ3n) is 5.01. The predicted molar refractivity (Wildman–Crippen MR) is 112 cm³/mol. The molecule has 148 valence electrons. The molecule has 1 atom stereocenters. The van der Waals surface area contributed by atoms with E-state index in [1.807, 2.05) is 47.6 Å². The second-order valence-electron chi connectivity index (χ2n) is 7.04. The Hall–Kier alpha value is -2.99. The maximum Gasteiger partial charge on any atom is 0.229 e. The van der Waals surface area contributed by atoms with Crippen LogP contribution < -0.4 is 10.2 Å². The largest absolute Gasteiger partial charge is 0.340 e. The molecule has 1 aliphatic rings. The second kappa shape index (κ2) is 8.57. The van der Waals surface area contributed by atoms with E-state index < -0.39 is 5.82 Å². The summed E-state index contributed by atoms with van der Waals surface area (Å²) < 4.78 is 13.3. The molecule has 0 aliphatic carbocycles. The van der Waals surface area contributed by atoms with E-state index in [9.17, 15) is 9.18 Å². The number of nitrogens with zero attached hydrogens (tertiary/aromatic N) is 3. The maximum atomic E-state index is 13.3. The quantitative estimate of drug-likeness (QED) is 0.671. The number of anilines is 2. The van der Waals surface area contributed by atoms with Gasteiger partial charge >= 0.3 is 0 Å². The number of amides is 1. The van der Waals surface area contributed by atoms with Crippen LogP contribution in [0.2, 0.25) is 5.02 Å². The zero-order chi connectivity index (χ0) is 20.2. The first-order valence-electron chi connectivity index (χ1n) is 9.48. The summed E-state index contributed by atoms with van der Waals surface area (Å²) in [7, 11) is 0. The van der Waals surface area contributed by atoms with E-state index in [-0.39, 0.29) is 16.8 Å². The lowest BCUT2D eigenvalue weighted by Gasteiger charge is -2.32. The molecule has 0 radical (unpaired) electrons. The maximum absolute atomic E-state index is 13.3. The molecule has 1 fully saturated rings. The van der Waals surface area contributed by atoms with Crippen molar-refractivity contribution in [2.24, 2.45) is 5.92 Å². The van der Waals surface area contributed by atoms with Crippen LogP contribution in [-0.4, -0.2) is 29.0 Å². The molecular formula is C22H20ClFN4O. The number of hydrogen-bond acceptors (Lipinski definition) is 4. The fourth-order valence-corrected chi connectivity index (χ4v) is 3.64. The first kappa shape index (κ1) is 19.3. The van der Waals surface area contributed by atoms with E-state index in [1.54, 1.807) is 0 Å². The predicted octanol–water partition coefficient (Wildman–Crippen LogP) is 4.79. The van der Waals surface area contributed by atoms with Gasteiger partial charge in [-0.1, -0.05) is 41.9 Å². The summed E-state index contributed by atoms with van der Waals surface area (Å²) >= 11 is 5.79. The van der Waals surface area contributed by atoms with Gasteiger partial charge in [-0.15, -0.1) is 0 Å². The second-order valence-corrected chi connectivity index (χ2v) is 7.45. The SMILES string of the molecule is O=C(Nc1ccc(F)c(Cl)c1)[C@@H]1CCCN(c2ncc(-c3ccccc3)cn2)C1. The highest BCUT2D eigenvalue weighted by molar-refractivity contribution is 6.31. The standard InChI is InChI=1S/C22H20ClFN4O/c23-19-11-18(8-9-20(19)24)27-21(29)16-7-4-10-28(14-16)22-25-12-17(13-26-22)15-5-2-1-3-6-15/h1-3,5-6,8-9,11-13,16H,4,7,10,14H2,(H,27,29)/t16-/m1/s1. The molecule has 3 aromatic rings. The van der Waals surface area contributed by atoms with Crippen molar-refractivity contribution in [2.45, 2.75) is 12.8 Å². The zero-order valence-electron chi connectivity index (χ0n) is 15.7. The molecule has 2 heterocycles. The number of carbonyl (C=O) groups excluding carboxylic acids is 1. The molecule has 29 heavy (non-hydrogen) atoms. The van der Waals surface area contributed by atoms with Gasteiger partial charge in [0.15, 0.2) is 0 Å². The molecule has 0 bridgehead atoms. The van der Waals surface area contributed by atoms with Gasteiger partial charge in [0.1, 0.15) is 5.82 Å². The van der Waals surface area contributed by atoms with Crippen LogP contribution in [-0.2, 0) is 4.79 Å². The van der Waals surface area contributed by atoms with Crippen molar-refractivity contribution < 1.29 is 9.18 Å². The van der Waals surface area contributed by atoms with Crippen molar-refractivity contribution in [1.29, 1.82) is 0 Å². The highest BCUT2D eigenvalue weighted by Gasteiger charge is 2.27. The molecule has 0 spiro atoms. The minimum Gasteiger partial charge on any atom is -0.340 e. The van der Waals surface area contributed by atoms with Crippen molar-refractivity contribution in [3.05, 3.63) is 71.8 Å². The van der Waals surface area contributed by atoms with Gasteiger partial charge in [-0.3, -0.25) is 4.79 Å². The molecule has 1 saturated heterocycles. The van der Waals surface area contributed by atoms with E-state index in [0.29, 0.717) is 18.2 Å². The van der Waals surface area contributed by atoms with Crippen molar-refractivity contribution in [3.63, 3.8) is 0 Å². The summed E-state index contributed by atoms with van der Waals surface area (Å²) in [5, 5.41) is 2.81. The lowest BCUT2D eigenvalue weighted by Crippen LogP contribution is -2.41. The van der Waals surface area contributed by atoms with Gasteiger partial charge < -0.3 is 10.2 Å². The lowest BCUT2D eigenvalue weighted by molar-refractivity contribution is -0.120. The van der Waals surface area contributed by atoms with Gasteiger partial charge in [-0.25, -0.2) is 14.4 Å². The van der Waals surface area contributed by atoms with Crippen LogP contribution >= 0.6 is 11.6 Å². The minimum atomic E-state index is -0.510. The van der Waals surface area contributed by atoms with Crippen LogP contribution in [0.15, 0.2) is 60.9 Å². The third-order valence-corrected chi connectivity index (χ3v) is 5.30. The van der Waals surface area contributed by atoms with Crippen LogP contribution in [0, 0.1) is 11.7 Å². The van der Waals surface area contributed by atoms with Crippen LogP contribution in [0.1, 0.15) is 12.8 Å². The molecule has 1 amide bonds. The average Bonchev–Trinajstić information content (AvgIpc) is 2.77. The van der Waals surface area contributed by atoms with Crippen LogP contribution in [0.3, 0.4) is 0 Å². The van der Waals surface area contributed by atoms with Crippen molar-refractivity contribution in [3.8, 4) is 11.1 Å². The molecule has 2 aromatic carbocycles. The zero-order valence-corrected chi connectivity index (χ0v) is 16.4. The third kappa shape index (κ3) is 4.54. The molecule has 7 heteroatoms. The number of benzene rings is 2. The molecule has 5 nitrogen and oxygen atoms in total. The average molecular weight is 411 g/mol. The normalized spacial score (nSPS) is 16.5. The molecule has 1 N–H and O–H groups in total. The monoisotopic (exact) mass is 410 g/mol. The number of aromatic nitrogens is 2. The van der Waals surface area contributed by atoms with Gasteiger partial charge in [0.25, 0.3) is 0 Å². The number of nitrogens with one attached hydrogen (secondary N) is 1. The summed E-state index contributed by atoms with van der Waals surface area (Å²) in [6.45, 7) is 1.34. The van der Waals surface area contributed by atoms with Crippen molar-refractivity contribution in [2.75, 3.05) is 23.3 Å². The molecule has 1 aromatic heterocycles. The fourth-order valence-electron chi connectivity index (χ4n) is 3.46. The first-order valence-corrected chi connectivity index (χ1v) is 9.86. The Bertz CT molecular complexity index is 997. The summed E-state index contributed by atoms with van der Waals surface area (Å²) in [6, 6.07) is 14.1. The number of carbonyl (C=O) groups is 1.